The van der Waals surface area contributed by atoms with E-state index >= 15 is 0 Å². The van der Waals surface area contributed by atoms with Crippen LogP contribution in [0.25, 0.3) is 49.3 Å². The van der Waals surface area contributed by atoms with Gasteiger partial charge in [0, 0.05) is 131 Å². The quantitative estimate of drug-likeness (QED) is 0.0173. The van der Waals surface area contributed by atoms with E-state index in [0.717, 1.165) is 145 Å². The fourth-order valence-electron chi connectivity index (χ4n) is 19.2. The molecule has 3 fully saturated rings. The first kappa shape index (κ1) is 98.8. The van der Waals surface area contributed by atoms with Gasteiger partial charge in [0.1, 0.15) is 47.0 Å². The number of oxazole rings is 1. The predicted octanol–water partition coefficient (Wildman–Crippen LogP) is 19.6. The SMILES string of the molecule is COc1ccc(C2=CCN(C(=O)CCCn3c(=O)oc4ccccc43)CC2)cc1.COc1ccc2cc(C(=O)[C@@H]3CCCN(C(=O)CCc4cn[nH]c4)C3)ccc2c1.C[C@H](Oc1ccc(F)cc1)C(=O)N1CCc2ccccc2C1.O=C(CCCC[n+]1cc[nH]c1)CC[C@@]1(Cc2ccc(-c3ccccc3)cc2)CCC(=O)N1.O=C(CCc1cn[nH]c1)C1CCC[C@@H](C(=O)c2ccc3ccccc3c2)C1. The first-order valence-corrected chi connectivity index (χ1v) is 48.6. The summed E-state index contributed by atoms with van der Waals surface area (Å²) in [6.45, 7) is 7.01. The van der Waals surface area contributed by atoms with E-state index in [1.165, 1.54) is 63.2 Å². The predicted molar refractivity (Wildman–Crippen MR) is 535 cm³/mol. The molecule has 24 nitrogen and oxygen atoms in total. The summed E-state index contributed by atoms with van der Waals surface area (Å²) in [5.41, 5.74) is 13.1. The summed E-state index contributed by atoms with van der Waals surface area (Å²) in [5.74, 6) is 2.45. The van der Waals surface area contributed by atoms with Gasteiger partial charge in [-0.3, -0.25) is 58.1 Å². The van der Waals surface area contributed by atoms with Gasteiger partial charge in [-0.1, -0.05) is 170 Å². The van der Waals surface area contributed by atoms with E-state index in [2.05, 4.69) is 108 Å². The molecule has 5 atom stereocenters. The molecule has 8 heterocycles. The normalized spacial score (nSPS) is 16.8. The Balaban J connectivity index is 0.000000132. The van der Waals surface area contributed by atoms with E-state index < -0.39 is 6.10 Å². The van der Waals surface area contributed by atoms with E-state index in [-0.39, 0.29) is 75.8 Å². The monoisotopic (exact) mass is 1870 g/mol. The third-order valence-electron chi connectivity index (χ3n) is 27.1. The number of aromatic nitrogens is 7. The van der Waals surface area contributed by atoms with Crippen LogP contribution in [0.5, 0.6) is 17.2 Å². The lowest BCUT2D eigenvalue weighted by atomic mass is 9.75. The maximum absolute atomic E-state index is 13.1. The van der Waals surface area contributed by atoms with Crippen LogP contribution in [0.3, 0.4) is 0 Å². The van der Waals surface area contributed by atoms with Gasteiger partial charge in [-0.25, -0.2) is 13.8 Å². The summed E-state index contributed by atoms with van der Waals surface area (Å²) in [6, 6.07) is 73.8. The molecule has 0 radical (unpaired) electrons. The van der Waals surface area contributed by atoms with Gasteiger partial charge in [0.25, 0.3) is 5.91 Å². The minimum absolute atomic E-state index is 0.0139. The molecule has 2 saturated heterocycles. The number of piperidine rings is 1. The molecule has 0 spiro atoms. The zero-order chi connectivity index (χ0) is 96.8. The molecule has 0 bridgehead atoms. The highest BCUT2D eigenvalue weighted by molar-refractivity contribution is 6.03. The van der Waals surface area contributed by atoms with Crippen LogP contribution in [0, 0.1) is 23.6 Å². The molecular weight excluding hydrogens is 1750 g/mol. The second-order valence-electron chi connectivity index (χ2n) is 36.7. The van der Waals surface area contributed by atoms with Crippen LogP contribution in [-0.2, 0) is 74.1 Å². The van der Waals surface area contributed by atoms with Crippen LogP contribution < -0.4 is 29.9 Å². The number of nitrogens with zero attached hydrogens (tertiary/aromatic N) is 7. The number of amides is 4. The van der Waals surface area contributed by atoms with Gasteiger partial charge in [0.05, 0.1) is 38.7 Å². The number of hydrogen-bond donors (Lipinski definition) is 4. The van der Waals surface area contributed by atoms with E-state index in [1.54, 1.807) is 44.2 Å². The molecule has 4 amide bonds. The van der Waals surface area contributed by atoms with Crippen LogP contribution in [0.15, 0.2) is 289 Å². The number of unbranched alkanes of at least 4 members (excludes halogenated alkanes) is 1. The average molecular weight is 1870 g/mol. The standard InChI is InChI=1S/C27H31N3O2.C23H25N3O3.C23H24N2O4.C23H24N2O2.C18H18FNO2/c31-25(8-4-5-18-30-19-17-28-21-30)13-15-27(16-14-26(32)29-27)20-22-9-11-24(12-10-22)23-6-2-1-3-7-23;1-29-21-8-7-17-11-19(6-5-18(17)12-21)23(28)20-3-2-10-26(15-20)22(27)9-4-16-13-24-25-14-16;1-28-19-10-8-17(9-11-19)18-12-15-24(16-13-18)22(26)7-4-14-25-20-5-2-3-6-21(20)29-23(25)27;26-22(11-8-16-14-24-25-15-16)19-6-3-7-20(13-19)23(27)21-10-9-17-4-1-2-5-18(17)12-21;1-13(22-17-8-6-16(19)7-9-17)18(21)20-11-10-14-4-2-3-5-15(14)12-20/h1-3,6-7,9-12,17,19,21H,4-5,8,13-16,18,20H2,(H,29,32);5-8,11-14,20H,2-4,9-10,15H2,1H3,(H,24,25);2-3,5-6,8-12H,4,7,13-16H2,1H3;1-2,4-5,9-10,12,14-15,19-20H,3,6-8,11,13H2,(H,24,25);2-9,13H,10-12H2,1H3/p+1/t27-;20-;;19?,20-;13-/m01.10/s1. The van der Waals surface area contributed by atoms with Crippen molar-refractivity contribution in [3.8, 4) is 28.4 Å². The number of H-pyrrole nitrogens is 3. The summed E-state index contributed by atoms with van der Waals surface area (Å²) in [6.07, 6.45) is 30.6. The lowest BCUT2D eigenvalue weighted by Gasteiger charge is -2.32. The van der Waals surface area contributed by atoms with Crippen LogP contribution in [0.4, 0.5) is 4.39 Å². The Morgan fingerprint density at radius 3 is 1.88 bits per heavy atom. The lowest BCUT2D eigenvalue weighted by Crippen LogP contribution is -2.44. The highest BCUT2D eigenvalue weighted by atomic mass is 19.1. The molecule has 25 heteroatoms. The minimum atomic E-state index is -0.587. The number of aryl methyl sites for hydroxylation is 4. The molecule has 4 aliphatic heterocycles. The van der Waals surface area contributed by atoms with Gasteiger partial charge in [-0.15, -0.1) is 0 Å². The zero-order valence-electron chi connectivity index (χ0n) is 79.4. The Morgan fingerprint density at radius 2 is 1.18 bits per heavy atom. The number of ketones is 4. The van der Waals surface area contributed by atoms with Gasteiger partial charge in [-0.05, 0) is 248 Å². The van der Waals surface area contributed by atoms with Crippen molar-refractivity contribution in [1.29, 1.82) is 0 Å². The number of hydrogen-bond acceptors (Lipinski definition) is 15. The third-order valence-corrected chi connectivity index (χ3v) is 27.1. The number of carbonyl (C=O) groups excluding carboxylic acids is 8. The van der Waals surface area contributed by atoms with Crippen LogP contribution in [-0.4, -0.2) is 150 Å². The number of para-hydroxylation sites is 2. The first-order chi connectivity index (χ1) is 67.7. The van der Waals surface area contributed by atoms with Crippen molar-refractivity contribution >= 4 is 85.0 Å². The van der Waals surface area contributed by atoms with Crippen molar-refractivity contribution in [2.24, 2.45) is 17.8 Å². The molecule has 4 aromatic heterocycles. The second-order valence-corrected chi connectivity index (χ2v) is 36.7. The molecule has 14 aromatic rings. The average Bonchev–Trinajstić information content (AvgIpc) is 1.81. The molecule has 718 valence electrons. The Hall–Kier alpha value is -14.8. The highest BCUT2D eigenvalue weighted by Gasteiger charge is 2.39. The van der Waals surface area contributed by atoms with Gasteiger partial charge in [0.2, 0.25) is 24.0 Å². The van der Waals surface area contributed by atoms with Crippen LogP contribution in [0.1, 0.15) is 177 Å². The van der Waals surface area contributed by atoms with E-state index in [1.807, 2.05) is 179 Å². The van der Waals surface area contributed by atoms with Crippen molar-refractivity contribution in [3.05, 3.63) is 341 Å². The maximum Gasteiger partial charge on any atom is 0.419 e. The minimum Gasteiger partial charge on any atom is -0.497 e. The molecule has 19 rings (SSSR count). The number of Topliss-reactive ketones (excluding diaryl/α,β-unsaturated/α-hetero) is 4. The number of methoxy groups -OCH3 is 2. The van der Waals surface area contributed by atoms with Crippen molar-refractivity contribution in [1.82, 2.24) is 50.0 Å². The molecule has 1 saturated carbocycles. The summed E-state index contributed by atoms with van der Waals surface area (Å²) >= 11 is 0. The van der Waals surface area contributed by atoms with Crippen LogP contribution in [0.2, 0.25) is 0 Å². The molecule has 1 aliphatic carbocycles. The summed E-state index contributed by atoms with van der Waals surface area (Å²) < 4.78 is 37.9. The van der Waals surface area contributed by atoms with Crippen molar-refractivity contribution < 1.29 is 65.9 Å². The number of imidazole rings is 1. The third kappa shape index (κ3) is 27.6. The van der Waals surface area contributed by atoms with E-state index in [0.29, 0.717) is 126 Å². The van der Waals surface area contributed by atoms with E-state index in [4.69, 9.17) is 18.6 Å². The summed E-state index contributed by atoms with van der Waals surface area (Å²) in [4.78, 5) is 122. The summed E-state index contributed by atoms with van der Waals surface area (Å²) in [5, 5.41) is 20.9. The smallest absolute Gasteiger partial charge is 0.419 e. The second kappa shape index (κ2) is 48.8. The number of ether oxygens (including phenoxy) is 3. The number of rotatable bonds is 32. The number of nitrogens with one attached hydrogen (secondary N) is 4. The van der Waals surface area contributed by atoms with Crippen molar-refractivity contribution in [2.45, 2.75) is 179 Å². The largest absolute Gasteiger partial charge is 0.497 e. The lowest BCUT2D eigenvalue weighted by molar-refractivity contribution is -0.696. The molecule has 10 aromatic carbocycles. The number of halogens is 1. The first-order valence-electron chi connectivity index (χ1n) is 48.6. The fourth-order valence-corrected chi connectivity index (χ4v) is 19.2. The fraction of sp³-hybridized carbons (Fsp3) is 0.333. The molecule has 1 unspecified atom stereocenters. The number of benzene rings is 10. The van der Waals surface area contributed by atoms with Gasteiger partial charge in [-0.2, -0.15) is 10.2 Å². The van der Waals surface area contributed by atoms with Crippen molar-refractivity contribution in [3.63, 3.8) is 0 Å². The molecular formula is C114H123FN11O13+. The molecule has 4 N–H and O–H groups in total. The number of aromatic amines is 3. The zero-order valence-corrected chi connectivity index (χ0v) is 79.4. The van der Waals surface area contributed by atoms with Gasteiger partial charge >= 0.3 is 5.76 Å². The molecule has 139 heavy (non-hydrogen) atoms. The van der Waals surface area contributed by atoms with Crippen molar-refractivity contribution in [2.75, 3.05) is 46.9 Å². The Bertz CT molecular complexity index is 6560. The topological polar surface area (TPSA) is 298 Å². The van der Waals surface area contributed by atoms with Gasteiger partial charge in [0.15, 0.2) is 23.3 Å². The van der Waals surface area contributed by atoms with Crippen LogP contribution >= 0.6 is 0 Å². The maximum atomic E-state index is 13.1. The Kier molecular flexibility index (Phi) is 34.7. The van der Waals surface area contributed by atoms with Gasteiger partial charge < -0.3 is 38.6 Å². The molecule has 5 aliphatic rings. The highest BCUT2D eigenvalue weighted by Crippen LogP contribution is 2.37. The number of likely N-dealkylation sites (tertiary alicyclic amines) is 1. The van der Waals surface area contributed by atoms with E-state index in [9.17, 15) is 47.5 Å². The summed E-state index contributed by atoms with van der Waals surface area (Å²) in [7, 11) is 3.30. The number of fused-ring (bicyclic) bond motifs is 4. The number of carbonyl (C=O) groups is 8. The Morgan fingerprint density at radius 1 is 0.554 bits per heavy atom. The Labute approximate surface area is 809 Å².